The first-order valence-corrected chi connectivity index (χ1v) is 8.35. The van der Waals surface area contributed by atoms with Crippen molar-refractivity contribution < 1.29 is 9.53 Å². The predicted molar refractivity (Wildman–Crippen MR) is 93.0 cm³/mol. The minimum absolute atomic E-state index is 0.425. The number of aldehydes is 1. The Labute approximate surface area is 140 Å². The standard InChI is InChI=1S/C16H20N4O2S/c1-20(2)8-9-22-14-6-4-13(5-7-14)18-15-12(11-21)10-17-16(19-15)23-3/h4-7,10-11H,8-9H2,1-3H3,(H,17,18,19). The van der Waals surface area contributed by atoms with Gasteiger partial charge in [-0.2, -0.15) is 0 Å². The highest BCUT2D eigenvalue weighted by atomic mass is 32.2. The van der Waals surface area contributed by atoms with Gasteiger partial charge >= 0.3 is 0 Å². The highest BCUT2D eigenvalue weighted by Crippen LogP contribution is 2.22. The van der Waals surface area contributed by atoms with E-state index in [1.54, 1.807) is 0 Å². The number of carbonyl (C=O) groups excluding carboxylic acids is 1. The van der Waals surface area contributed by atoms with Crippen LogP contribution in [0.3, 0.4) is 0 Å². The second kappa shape index (κ2) is 8.50. The first-order chi connectivity index (χ1) is 11.1. The molecule has 0 saturated heterocycles. The summed E-state index contributed by atoms with van der Waals surface area (Å²) in [5.74, 6) is 1.31. The molecule has 1 aromatic carbocycles. The molecule has 0 unspecified atom stereocenters. The van der Waals surface area contributed by atoms with Crippen LogP contribution in [0.15, 0.2) is 35.6 Å². The van der Waals surface area contributed by atoms with Gasteiger partial charge in [0.2, 0.25) is 0 Å². The molecule has 0 spiro atoms. The summed E-state index contributed by atoms with van der Waals surface area (Å²) in [5, 5.41) is 3.75. The maximum atomic E-state index is 11.1. The second-order valence-electron chi connectivity index (χ2n) is 5.08. The van der Waals surface area contributed by atoms with Crippen molar-refractivity contribution in [2.24, 2.45) is 0 Å². The summed E-state index contributed by atoms with van der Waals surface area (Å²) in [6.45, 7) is 1.50. The number of carbonyl (C=O) groups is 1. The Morgan fingerprint density at radius 3 is 2.65 bits per heavy atom. The van der Waals surface area contributed by atoms with Gasteiger partial charge in [0, 0.05) is 18.4 Å². The molecular weight excluding hydrogens is 312 g/mol. The third-order valence-corrected chi connectivity index (χ3v) is 3.59. The van der Waals surface area contributed by atoms with Crippen LogP contribution in [0.2, 0.25) is 0 Å². The molecule has 0 aliphatic heterocycles. The molecule has 2 aromatic rings. The number of nitrogens with zero attached hydrogens (tertiary/aromatic N) is 3. The molecule has 0 radical (unpaired) electrons. The highest BCUT2D eigenvalue weighted by Gasteiger charge is 2.07. The molecule has 1 heterocycles. The number of hydrogen-bond donors (Lipinski definition) is 1. The van der Waals surface area contributed by atoms with E-state index in [9.17, 15) is 4.79 Å². The van der Waals surface area contributed by atoms with Crippen molar-refractivity contribution >= 4 is 29.6 Å². The topological polar surface area (TPSA) is 67.3 Å². The van der Waals surface area contributed by atoms with Crippen molar-refractivity contribution in [1.82, 2.24) is 14.9 Å². The molecule has 0 bridgehead atoms. The van der Waals surface area contributed by atoms with E-state index < -0.39 is 0 Å². The Hall–Kier alpha value is -2.12. The zero-order valence-corrected chi connectivity index (χ0v) is 14.3. The van der Waals surface area contributed by atoms with Crippen LogP contribution in [-0.2, 0) is 0 Å². The van der Waals surface area contributed by atoms with E-state index in [0.717, 1.165) is 24.3 Å². The van der Waals surface area contributed by atoms with Gasteiger partial charge in [-0.05, 0) is 44.6 Å². The van der Waals surface area contributed by atoms with Crippen molar-refractivity contribution in [3.05, 3.63) is 36.0 Å². The van der Waals surface area contributed by atoms with Crippen molar-refractivity contribution in [2.75, 3.05) is 38.8 Å². The Balaban J connectivity index is 2.04. The van der Waals surface area contributed by atoms with Gasteiger partial charge in [0.1, 0.15) is 18.2 Å². The number of anilines is 2. The second-order valence-corrected chi connectivity index (χ2v) is 5.85. The monoisotopic (exact) mass is 332 g/mol. The van der Waals surface area contributed by atoms with Crippen LogP contribution in [0.5, 0.6) is 5.75 Å². The van der Waals surface area contributed by atoms with Crippen LogP contribution in [0.4, 0.5) is 11.5 Å². The molecule has 122 valence electrons. The molecule has 1 N–H and O–H groups in total. The van der Waals surface area contributed by atoms with Crippen LogP contribution in [0.1, 0.15) is 10.4 Å². The van der Waals surface area contributed by atoms with E-state index in [0.29, 0.717) is 23.1 Å². The number of nitrogens with one attached hydrogen (secondary N) is 1. The summed E-state index contributed by atoms with van der Waals surface area (Å²) in [4.78, 5) is 21.6. The third-order valence-electron chi connectivity index (χ3n) is 3.03. The van der Waals surface area contributed by atoms with Gasteiger partial charge in [0.15, 0.2) is 11.4 Å². The Bertz CT molecular complexity index is 647. The molecule has 0 saturated carbocycles. The number of aromatic nitrogens is 2. The predicted octanol–water partition coefficient (Wildman–Crippen LogP) is 2.70. The summed E-state index contributed by atoms with van der Waals surface area (Å²) < 4.78 is 5.65. The minimum Gasteiger partial charge on any atom is -0.492 e. The average molecular weight is 332 g/mol. The van der Waals surface area contributed by atoms with E-state index in [-0.39, 0.29) is 0 Å². The summed E-state index contributed by atoms with van der Waals surface area (Å²) in [6, 6.07) is 7.55. The average Bonchev–Trinajstić information content (AvgIpc) is 2.56. The third kappa shape index (κ3) is 5.22. The zero-order chi connectivity index (χ0) is 16.7. The number of ether oxygens (including phenoxy) is 1. The van der Waals surface area contributed by atoms with Gasteiger partial charge in [-0.1, -0.05) is 11.8 Å². The number of hydrogen-bond acceptors (Lipinski definition) is 7. The molecule has 0 fully saturated rings. The Morgan fingerprint density at radius 2 is 2.04 bits per heavy atom. The largest absolute Gasteiger partial charge is 0.492 e. The van der Waals surface area contributed by atoms with Gasteiger partial charge in [0.05, 0.1) is 5.56 Å². The number of thioether (sulfide) groups is 1. The summed E-state index contributed by atoms with van der Waals surface area (Å²) >= 11 is 1.42. The maximum absolute atomic E-state index is 11.1. The SMILES string of the molecule is CSc1ncc(C=O)c(Nc2ccc(OCCN(C)C)cc2)n1. The first kappa shape index (κ1) is 17.2. The molecule has 0 aliphatic carbocycles. The number of benzene rings is 1. The van der Waals surface area contributed by atoms with E-state index in [1.165, 1.54) is 18.0 Å². The van der Waals surface area contributed by atoms with E-state index in [1.807, 2.05) is 44.6 Å². The smallest absolute Gasteiger partial charge is 0.189 e. The van der Waals surface area contributed by atoms with Crippen LogP contribution in [0.25, 0.3) is 0 Å². The minimum atomic E-state index is 0.425. The maximum Gasteiger partial charge on any atom is 0.189 e. The summed E-state index contributed by atoms with van der Waals surface area (Å²) in [5.41, 5.74) is 1.26. The summed E-state index contributed by atoms with van der Waals surface area (Å²) in [6.07, 6.45) is 4.15. The summed E-state index contributed by atoms with van der Waals surface area (Å²) in [7, 11) is 4.01. The molecule has 6 nitrogen and oxygen atoms in total. The van der Waals surface area contributed by atoms with E-state index in [4.69, 9.17) is 4.74 Å². The lowest BCUT2D eigenvalue weighted by atomic mass is 10.3. The van der Waals surface area contributed by atoms with Gasteiger partial charge < -0.3 is 15.0 Å². The Kier molecular flexibility index (Phi) is 6.37. The van der Waals surface area contributed by atoms with Crippen molar-refractivity contribution in [3.63, 3.8) is 0 Å². The van der Waals surface area contributed by atoms with Gasteiger partial charge in [-0.15, -0.1) is 0 Å². The lowest BCUT2D eigenvalue weighted by Gasteiger charge is -2.12. The molecule has 23 heavy (non-hydrogen) atoms. The zero-order valence-electron chi connectivity index (χ0n) is 13.4. The van der Waals surface area contributed by atoms with Crippen LogP contribution in [0, 0.1) is 0 Å². The molecular formula is C16H20N4O2S. The lowest BCUT2D eigenvalue weighted by molar-refractivity contribution is 0.112. The van der Waals surface area contributed by atoms with Crippen molar-refractivity contribution in [3.8, 4) is 5.75 Å². The van der Waals surface area contributed by atoms with E-state index >= 15 is 0 Å². The molecule has 0 aliphatic rings. The normalized spacial score (nSPS) is 10.6. The first-order valence-electron chi connectivity index (χ1n) is 7.13. The Morgan fingerprint density at radius 1 is 1.30 bits per heavy atom. The van der Waals surface area contributed by atoms with Crippen molar-refractivity contribution in [1.29, 1.82) is 0 Å². The highest BCUT2D eigenvalue weighted by molar-refractivity contribution is 7.98. The molecule has 0 atom stereocenters. The number of rotatable bonds is 8. The fraction of sp³-hybridized carbons (Fsp3) is 0.312. The van der Waals surface area contributed by atoms with Crippen LogP contribution >= 0.6 is 11.8 Å². The molecule has 1 aromatic heterocycles. The number of likely N-dealkylation sites (N-methyl/N-ethyl adjacent to an activating group) is 1. The van der Waals surface area contributed by atoms with Crippen LogP contribution in [-0.4, -0.2) is 54.7 Å². The van der Waals surface area contributed by atoms with Gasteiger partial charge in [-0.25, -0.2) is 9.97 Å². The van der Waals surface area contributed by atoms with E-state index in [2.05, 4.69) is 20.2 Å². The fourth-order valence-electron chi connectivity index (χ4n) is 1.78. The van der Waals surface area contributed by atoms with Gasteiger partial charge in [-0.3, -0.25) is 4.79 Å². The van der Waals surface area contributed by atoms with Crippen LogP contribution < -0.4 is 10.1 Å². The quantitative estimate of drug-likeness (QED) is 0.453. The molecule has 0 amide bonds. The lowest BCUT2D eigenvalue weighted by Crippen LogP contribution is -2.19. The fourth-order valence-corrected chi connectivity index (χ4v) is 2.12. The van der Waals surface area contributed by atoms with Crippen molar-refractivity contribution in [2.45, 2.75) is 5.16 Å². The molecule has 2 rings (SSSR count). The molecule has 7 heteroatoms. The van der Waals surface area contributed by atoms with Gasteiger partial charge in [0.25, 0.3) is 0 Å².